The number of hydrogen-bond acceptors (Lipinski definition) is 4. The predicted octanol–water partition coefficient (Wildman–Crippen LogP) is 4.68. The molecule has 1 aliphatic rings. The fourth-order valence-corrected chi connectivity index (χ4v) is 4.70. The van der Waals surface area contributed by atoms with Gasteiger partial charge in [-0.05, 0) is 30.2 Å². The third-order valence-electron chi connectivity index (χ3n) is 4.52. The van der Waals surface area contributed by atoms with E-state index >= 15 is 0 Å². The molecule has 1 amide bonds. The number of rotatable bonds is 4. The molecule has 3 rings (SSSR count). The van der Waals surface area contributed by atoms with Crippen LogP contribution in [0, 0.1) is 0 Å². The van der Waals surface area contributed by atoms with Crippen molar-refractivity contribution in [2.24, 2.45) is 0 Å². The molecule has 1 fully saturated rings. The lowest BCUT2D eigenvalue weighted by Crippen LogP contribution is -2.33. The van der Waals surface area contributed by atoms with Crippen LogP contribution in [0.25, 0.3) is 0 Å². The Morgan fingerprint density at radius 1 is 1.15 bits per heavy atom. The molecule has 138 valence electrons. The summed E-state index contributed by atoms with van der Waals surface area (Å²) in [6.07, 6.45) is 0.874. The second-order valence-electron chi connectivity index (χ2n) is 6.03. The molecule has 0 bridgehead atoms. The van der Waals surface area contributed by atoms with E-state index in [0.717, 1.165) is 22.8 Å². The van der Waals surface area contributed by atoms with Crippen LogP contribution in [-0.2, 0) is 0 Å². The number of thioether (sulfide) groups is 1. The number of nitrogens with zero attached hydrogens (tertiary/aromatic N) is 1. The zero-order valence-corrected chi connectivity index (χ0v) is 16.5. The van der Waals surface area contributed by atoms with Crippen LogP contribution < -0.4 is 9.47 Å². The van der Waals surface area contributed by atoms with Crippen LogP contribution in [0.2, 0.25) is 5.02 Å². The molecule has 4 nitrogen and oxygen atoms in total. The Balaban J connectivity index is 1.75. The standard InChI is InChI=1S/C20H22ClNO3S/c1-24-14-7-8-16(18(13-14)25-2)20(23)22-10-9-19(26-12-11-22)15-5-3-4-6-17(15)21/h3-8,13,19H,9-12H2,1-2H3. The second kappa shape index (κ2) is 8.69. The Labute approximate surface area is 163 Å². The summed E-state index contributed by atoms with van der Waals surface area (Å²) < 4.78 is 10.6. The largest absolute Gasteiger partial charge is 0.497 e. The van der Waals surface area contributed by atoms with Crippen molar-refractivity contribution in [2.45, 2.75) is 11.7 Å². The Morgan fingerprint density at radius 2 is 1.96 bits per heavy atom. The number of methoxy groups -OCH3 is 2. The van der Waals surface area contributed by atoms with E-state index < -0.39 is 0 Å². The summed E-state index contributed by atoms with van der Waals surface area (Å²) in [5.41, 5.74) is 1.71. The van der Waals surface area contributed by atoms with E-state index in [9.17, 15) is 4.79 Å². The summed E-state index contributed by atoms with van der Waals surface area (Å²) in [7, 11) is 3.16. The van der Waals surface area contributed by atoms with Crippen LogP contribution in [0.1, 0.15) is 27.6 Å². The van der Waals surface area contributed by atoms with Gasteiger partial charge >= 0.3 is 0 Å². The Bertz CT molecular complexity index is 783. The highest BCUT2D eigenvalue weighted by Crippen LogP contribution is 2.38. The summed E-state index contributed by atoms with van der Waals surface area (Å²) in [6, 6.07) is 13.2. The van der Waals surface area contributed by atoms with Crippen LogP contribution >= 0.6 is 23.4 Å². The number of amides is 1. The van der Waals surface area contributed by atoms with E-state index in [2.05, 4.69) is 6.07 Å². The molecule has 0 spiro atoms. The van der Waals surface area contributed by atoms with Crippen LogP contribution in [0.15, 0.2) is 42.5 Å². The summed E-state index contributed by atoms with van der Waals surface area (Å²) in [4.78, 5) is 14.9. The van der Waals surface area contributed by atoms with Crippen LogP contribution in [0.5, 0.6) is 11.5 Å². The van der Waals surface area contributed by atoms with Crippen molar-refractivity contribution in [3.8, 4) is 11.5 Å². The number of carbonyl (C=O) groups is 1. The van der Waals surface area contributed by atoms with Gasteiger partial charge < -0.3 is 14.4 Å². The number of hydrogen-bond donors (Lipinski definition) is 0. The minimum Gasteiger partial charge on any atom is -0.497 e. The van der Waals surface area contributed by atoms with Gasteiger partial charge in [-0.25, -0.2) is 0 Å². The van der Waals surface area contributed by atoms with E-state index in [1.807, 2.05) is 34.9 Å². The maximum Gasteiger partial charge on any atom is 0.257 e. The van der Waals surface area contributed by atoms with Gasteiger partial charge in [0, 0.05) is 35.2 Å². The van der Waals surface area contributed by atoms with E-state index in [-0.39, 0.29) is 5.91 Å². The molecule has 6 heteroatoms. The van der Waals surface area contributed by atoms with Gasteiger partial charge in [-0.2, -0.15) is 11.8 Å². The SMILES string of the molecule is COc1ccc(C(=O)N2CCSC(c3ccccc3Cl)CC2)c(OC)c1. The maximum absolute atomic E-state index is 13.0. The monoisotopic (exact) mass is 391 g/mol. The highest BCUT2D eigenvalue weighted by Gasteiger charge is 2.25. The minimum absolute atomic E-state index is 0.00934. The Kier molecular flexibility index (Phi) is 6.33. The summed E-state index contributed by atoms with van der Waals surface area (Å²) >= 11 is 8.21. The lowest BCUT2D eigenvalue weighted by atomic mass is 10.1. The molecule has 0 aliphatic carbocycles. The normalized spacial score (nSPS) is 17.5. The third kappa shape index (κ3) is 4.10. The summed E-state index contributed by atoms with van der Waals surface area (Å²) in [5, 5.41) is 1.10. The first-order chi connectivity index (χ1) is 12.6. The lowest BCUT2D eigenvalue weighted by Gasteiger charge is -2.22. The summed E-state index contributed by atoms with van der Waals surface area (Å²) in [6.45, 7) is 1.40. The van der Waals surface area contributed by atoms with Crippen LogP contribution in [-0.4, -0.2) is 43.9 Å². The minimum atomic E-state index is -0.00934. The first kappa shape index (κ1) is 18.9. The zero-order valence-electron chi connectivity index (χ0n) is 14.9. The van der Waals surface area contributed by atoms with Crippen molar-refractivity contribution in [3.05, 3.63) is 58.6 Å². The molecule has 2 aromatic rings. The number of carbonyl (C=O) groups excluding carboxylic acids is 1. The first-order valence-corrected chi connectivity index (χ1v) is 9.94. The average Bonchev–Trinajstić information content (AvgIpc) is 2.93. The molecule has 0 N–H and O–H groups in total. The number of ether oxygens (including phenoxy) is 2. The zero-order chi connectivity index (χ0) is 18.5. The molecule has 0 aromatic heterocycles. The van der Waals surface area contributed by atoms with E-state index in [4.69, 9.17) is 21.1 Å². The van der Waals surface area contributed by atoms with Gasteiger partial charge in [0.2, 0.25) is 0 Å². The highest BCUT2D eigenvalue weighted by molar-refractivity contribution is 7.99. The second-order valence-corrected chi connectivity index (χ2v) is 7.75. The van der Waals surface area contributed by atoms with Crippen molar-refractivity contribution in [1.29, 1.82) is 0 Å². The molecule has 1 atom stereocenters. The molecule has 26 heavy (non-hydrogen) atoms. The van der Waals surface area contributed by atoms with E-state index in [1.165, 1.54) is 0 Å². The van der Waals surface area contributed by atoms with Gasteiger partial charge in [0.25, 0.3) is 5.91 Å². The van der Waals surface area contributed by atoms with Crippen molar-refractivity contribution in [2.75, 3.05) is 33.1 Å². The average molecular weight is 392 g/mol. The molecule has 1 saturated heterocycles. The smallest absolute Gasteiger partial charge is 0.257 e. The molecule has 1 unspecified atom stereocenters. The Morgan fingerprint density at radius 3 is 2.69 bits per heavy atom. The highest BCUT2D eigenvalue weighted by atomic mass is 35.5. The van der Waals surface area contributed by atoms with Gasteiger partial charge in [0.1, 0.15) is 11.5 Å². The van der Waals surface area contributed by atoms with Crippen molar-refractivity contribution in [3.63, 3.8) is 0 Å². The molecular formula is C20H22ClNO3S. The molecular weight excluding hydrogens is 370 g/mol. The molecule has 0 radical (unpaired) electrons. The lowest BCUT2D eigenvalue weighted by molar-refractivity contribution is 0.0763. The molecule has 1 heterocycles. The summed E-state index contributed by atoms with van der Waals surface area (Å²) in [5.74, 6) is 2.07. The van der Waals surface area contributed by atoms with Crippen molar-refractivity contribution < 1.29 is 14.3 Å². The number of halogens is 1. The van der Waals surface area contributed by atoms with Gasteiger partial charge in [-0.3, -0.25) is 4.79 Å². The van der Waals surface area contributed by atoms with E-state index in [0.29, 0.717) is 35.4 Å². The van der Waals surface area contributed by atoms with Gasteiger partial charge in [0.05, 0.1) is 19.8 Å². The number of benzene rings is 2. The van der Waals surface area contributed by atoms with Crippen molar-refractivity contribution in [1.82, 2.24) is 4.90 Å². The van der Waals surface area contributed by atoms with E-state index in [1.54, 1.807) is 32.4 Å². The predicted molar refractivity (Wildman–Crippen MR) is 107 cm³/mol. The fourth-order valence-electron chi connectivity index (χ4n) is 3.10. The van der Waals surface area contributed by atoms with Crippen LogP contribution in [0.4, 0.5) is 0 Å². The van der Waals surface area contributed by atoms with Crippen molar-refractivity contribution >= 4 is 29.3 Å². The molecule has 0 saturated carbocycles. The quantitative estimate of drug-likeness (QED) is 0.758. The first-order valence-electron chi connectivity index (χ1n) is 8.51. The molecule has 1 aliphatic heterocycles. The van der Waals surface area contributed by atoms with Crippen LogP contribution in [0.3, 0.4) is 0 Å². The van der Waals surface area contributed by atoms with Gasteiger partial charge in [0.15, 0.2) is 0 Å². The Hall–Kier alpha value is -1.85. The fraction of sp³-hybridized carbons (Fsp3) is 0.350. The van der Waals surface area contributed by atoms with Gasteiger partial charge in [-0.15, -0.1) is 0 Å². The van der Waals surface area contributed by atoms with Gasteiger partial charge in [-0.1, -0.05) is 29.8 Å². The molecule has 2 aromatic carbocycles. The maximum atomic E-state index is 13.0. The third-order valence-corrected chi connectivity index (χ3v) is 6.17. The topological polar surface area (TPSA) is 38.8 Å².